The Morgan fingerprint density at radius 3 is 2.35 bits per heavy atom. The maximum Gasteiger partial charge on any atom is 0.0164 e. The minimum atomic E-state index is 0.729. The minimum Gasteiger partial charge on any atom is -0.316 e. The first-order valence-corrected chi connectivity index (χ1v) is 6.58. The molecular formula is C16H25N. The van der Waals surface area contributed by atoms with Gasteiger partial charge in [0.25, 0.3) is 0 Å². The Hall–Kier alpha value is -1.08. The Kier molecular flexibility index (Phi) is 5.99. The number of nitrogens with one attached hydrogen (secondary N) is 1. The van der Waals surface area contributed by atoms with Crippen molar-refractivity contribution in [1.82, 2.24) is 5.32 Å². The van der Waals surface area contributed by atoms with E-state index in [1.165, 1.54) is 23.1 Å². The molecule has 0 amide bonds. The summed E-state index contributed by atoms with van der Waals surface area (Å²) in [5.74, 6) is 0.729. The highest BCUT2D eigenvalue weighted by Crippen LogP contribution is 2.13. The molecule has 17 heavy (non-hydrogen) atoms. The van der Waals surface area contributed by atoms with E-state index in [1.807, 2.05) is 7.05 Å². The van der Waals surface area contributed by atoms with E-state index in [0.29, 0.717) is 0 Å². The maximum atomic E-state index is 3.21. The van der Waals surface area contributed by atoms with E-state index in [0.717, 1.165) is 18.9 Å². The third-order valence-electron chi connectivity index (χ3n) is 2.85. The lowest BCUT2D eigenvalue weighted by molar-refractivity contribution is 0.647. The van der Waals surface area contributed by atoms with E-state index in [4.69, 9.17) is 0 Å². The Labute approximate surface area is 106 Å². The predicted octanol–water partition coefficient (Wildman–Crippen LogP) is 3.90. The molecule has 0 aromatic heterocycles. The molecule has 0 spiro atoms. The first-order chi connectivity index (χ1) is 8.15. The molecule has 0 aliphatic carbocycles. The predicted molar refractivity (Wildman–Crippen MR) is 77.2 cm³/mol. The molecule has 94 valence electrons. The number of hydrogen-bond donors (Lipinski definition) is 1. The van der Waals surface area contributed by atoms with Gasteiger partial charge in [0.15, 0.2) is 0 Å². The summed E-state index contributed by atoms with van der Waals surface area (Å²) in [5, 5.41) is 3.21. The van der Waals surface area contributed by atoms with Crippen molar-refractivity contribution in [2.45, 2.75) is 33.6 Å². The zero-order valence-corrected chi connectivity index (χ0v) is 11.6. The van der Waals surface area contributed by atoms with E-state index >= 15 is 0 Å². The maximum absolute atomic E-state index is 3.21. The fraction of sp³-hybridized carbons (Fsp3) is 0.500. The number of benzene rings is 1. The van der Waals surface area contributed by atoms with E-state index in [9.17, 15) is 0 Å². The fourth-order valence-electron chi connectivity index (χ4n) is 1.96. The summed E-state index contributed by atoms with van der Waals surface area (Å²) < 4.78 is 0. The van der Waals surface area contributed by atoms with Crippen LogP contribution in [0.1, 0.15) is 38.3 Å². The molecular weight excluding hydrogens is 206 g/mol. The largest absolute Gasteiger partial charge is 0.316 e. The van der Waals surface area contributed by atoms with Crippen molar-refractivity contribution in [2.75, 3.05) is 13.6 Å². The van der Waals surface area contributed by atoms with Gasteiger partial charge in [0.2, 0.25) is 0 Å². The van der Waals surface area contributed by atoms with Crippen molar-refractivity contribution in [2.24, 2.45) is 5.92 Å². The molecule has 1 heteroatoms. The van der Waals surface area contributed by atoms with E-state index < -0.39 is 0 Å². The van der Waals surface area contributed by atoms with Crippen LogP contribution in [0.3, 0.4) is 0 Å². The molecule has 1 rings (SSSR count). The van der Waals surface area contributed by atoms with Gasteiger partial charge in [-0.1, -0.05) is 56.7 Å². The smallest absolute Gasteiger partial charge is 0.0164 e. The van der Waals surface area contributed by atoms with Gasteiger partial charge in [-0.05, 0) is 36.9 Å². The van der Waals surface area contributed by atoms with Gasteiger partial charge in [-0.15, -0.1) is 0 Å². The van der Waals surface area contributed by atoms with Gasteiger partial charge in [-0.2, -0.15) is 0 Å². The molecule has 0 saturated heterocycles. The molecule has 0 radical (unpaired) electrons. The molecule has 0 unspecified atom stereocenters. The van der Waals surface area contributed by atoms with E-state index in [1.54, 1.807) is 0 Å². The van der Waals surface area contributed by atoms with Crippen LogP contribution in [-0.4, -0.2) is 13.6 Å². The zero-order valence-electron chi connectivity index (χ0n) is 11.6. The average Bonchev–Trinajstić information content (AvgIpc) is 2.30. The van der Waals surface area contributed by atoms with Gasteiger partial charge >= 0.3 is 0 Å². The molecule has 1 N–H and O–H groups in total. The van der Waals surface area contributed by atoms with Crippen LogP contribution in [0.5, 0.6) is 0 Å². The van der Waals surface area contributed by atoms with Crippen molar-refractivity contribution in [3.8, 4) is 0 Å². The van der Waals surface area contributed by atoms with E-state index in [-0.39, 0.29) is 0 Å². The normalized spacial score (nSPS) is 12.2. The van der Waals surface area contributed by atoms with E-state index in [2.05, 4.69) is 56.4 Å². The topological polar surface area (TPSA) is 12.0 Å². The van der Waals surface area contributed by atoms with Gasteiger partial charge in [-0.25, -0.2) is 0 Å². The highest BCUT2D eigenvalue weighted by molar-refractivity contribution is 5.53. The van der Waals surface area contributed by atoms with Crippen LogP contribution >= 0.6 is 0 Å². The number of hydrogen-bond acceptors (Lipinski definition) is 1. The lowest BCUT2D eigenvalue weighted by Crippen LogP contribution is -2.09. The summed E-state index contributed by atoms with van der Waals surface area (Å²) in [4.78, 5) is 0. The van der Waals surface area contributed by atoms with Gasteiger partial charge in [-0.3, -0.25) is 0 Å². The average molecular weight is 231 g/mol. The van der Waals surface area contributed by atoms with Crippen molar-refractivity contribution in [1.29, 1.82) is 0 Å². The molecule has 1 aromatic rings. The van der Waals surface area contributed by atoms with Gasteiger partial charge < -0.3 is 5.32 Å². The monoisotopic (exact) mass is 231 g/mol. The van der Waals surface area contributed by atoms with Crippen LogP contribution in [0.15, 0.2) is 29.8 Å². The van der Waals surface area contributed by atoms with Crippen molar-refractivity contribution >= 4 is 6.08 Å². The van der Waals surface area contributed by atoms with Crippen LogP contribution in [0.4, 0.5) is 0 Å². The van der Waals surface area contributed by atoms with Gasteiger partial charge in [0.1, 0.15) is 0 Å². The van der Waals surface area contributed by atoms with Crippen LogP contribution in [0.2, 0.25) is 0 Å². The second-order valence-electron chi connectivity index (χ2n) is 5.03. The molecule has 0 heterocycles. The lowest BCUT2D eigenvalue weighted by Gasteiger charge is -2.06. The van der Waals surface area contributed by atoms with Crippen LogP contribution in [0, 0.1) is 5.92 Å². The highest BCUT2D eigenvalue weighted by Gasteiger charge is 1.98. The second kappa shape index (κ2) is 7.29. The zero-order chi connectivity index (χ0) is 12.7. The fourth-order valence-corrected chi connectivity index (χ4v) is 1.96. The highest BCUT2D eigenvalue weighted by atomic mass is 14.8. The molecule has 0 bridgehead atoms. The summed E-state index contributed by atoms with van der Waals surface area (Å²) in [6.07, 6.45) is 4.56. The first kappa shape index (κ1) is 14.0. The number of likely N-dealkylation sites (N-methyl/N-ethyl adjacent to an activating group) is 1. The second-order valence-corrected chi connectivity index (χ2v) is 5.03. The Balaban J connectivity index is 2.72. The molecule has 0 saturated carbocycles. The van der Waals surface area contributed by atoms with Gasteiger partial charge in [0.05, 0.1) is 0 Å². The Morgan fingerprint density at radius 1 is 1.24 bits per heavy atom. The van der Waals surface area contributed by atoms with Crippen molar-refractivity contribution in [3.05, 3.63) is 41.0 Å². The molecule has 0 aliphatic rings. The van der Waals surface area contributed by atoms with Crippen molar-refractivity contribution in [3.63, 3.8) is 0 Å². The Bertz CT molecular complexity index is 346. The third-order valence-corrected chi connectivity index (χ3v) is 2.85. The van der Waals surface area contributed by atoms with Crippen LogP contribution < -0.4 is 5.32 Å². The summed E-state index contributed by atoms with van der Waals surface area (Å²) in [5.41, 5.74) is 4.19. The lowest BCUT2D eigenvalue weighted by atomic mass is 10.0. The summed E-state index contributed by atoms with van der Waals surface area (Å²) in [6.45, 7) is 7.70. The van der Waals surface area contributed by atoms with Crippen LogP contribution in [0.25, 0.3) is 6.08 Å². The Morgan fingerprint density at radius 2 is 1.88 bits per heavy atom. The van der Waals surface area contributed by atoms with Crippen molar-refractivity contribution < 1.29 is 0 Å². The standard InChI is InChI=1S/C16H25N/c1-5-14(12-17-4)11-16-8-6-15(7-9-16)10-13(2)3/h6-9,11,13,17H,5,10,12H2,1-4H3. The quantitative estimate of drug-likeness (QED) is 0.783. The first-order valence-electron chi connectivity index (χ1n) is 6.58. The number of rotatable bonds is 6. The van der Waals surface area contributed by atoms with Gasteiger partial charge in [0, 0.05) is 6.54 Å². The van der Waals surface area contributed by atoms with Crippen LogP contribution in [-0.2, 0) is 6.42 Å². The summed E-state index contributed by atoms with van der Waals surface area (Å²) in [6, 6.07) is 8.95. The third kappa shape index (κ3) is 5.18. The molecule has 1 nitrogen and oxygen atoms in total. The molecule has 1 aromatic carbocycles. The molecule has 0 atom stereocenters. The molecule has 0 fully saturated rings. The molecule has 0 aliphatic heterocycles. The summed E-state index contributed by atoms with van der Waals surface area (Å²) >= 11 is 0. The SMILES string of the molecule is CCC(=Cc1ccc(CC(C)C)cc1)CNC. The minimum absolute atomic E-state index is 0.729. The summed E-state index contributed by atoms with van der Waals surface area (Å²) in [7, 11) is 2.00.